The van der Waals surface area contributed by atoms with E-state index in [0.29, 0.717) is 17.0 Å². The molecule has 4 heteroatoms. The van der Waals surface area contributed by atoms with Gasteiger partial charge in [-0.15, -0.1) is 0 Å². The summed E-state index contributed by atoms with van der Waals surface area (Å²) in [5, 5.41) is 3.58. The van der Waals surface area contributed by atoms with Gasteiger partial charge in [-0.1, -0.05) is 51.8 Å². The highest BCUT2D eigenvalue weighted by molar-refractivity contribution is 9.10. The summed E-state index contributed by atoms with van der Waals surface area (Å²) in [6, 6.07) is 12.5. The van der Waals surface area contributed by atoms with Crippen molar-refractivity contribution in [1.82, 2.24) is 5.32 Å². The molecule has 2 rings (SSSR count). The summed E-state index contributed by atoms with van der Waals surface area (Å²) in [6.07, 6.45) is 0.665. The van der Waals surface area contributed by atoms with Crippen molar-refractivity contribution in [3.63, 3.8) is 0 Å². The maximum absolute atomic E-state index is 14.0. The maximum atomic E-state index is 14.0. The van der Waals surface area contributed by atoms with Crippen LogP contribution in [-0.4, -0.2) is 7.05 Å². The average Bonchev–Trinajstić information content (AvgIpc) is 2.39. The Morgan fingerprint density at radius 2 is 1.95 bits per heavy atom. The lowest BCUT2D eigenvalue weighted by Crippen LogP contribution is -2.20. The largest absolute Gasteiger partial charge is 0.313 e. The van der Waals surface area contributed by atoms with Gasteiger partial charge in [-0.3, -0.25) is 0 Å². The van der Waals surface area contributed by atoms with E-state index >= 15 is 0 Å². The fourth-order valence-electron chi connectivity index (χ4n) is 2.08. The highest BCUT2D eigenvalue weighted by Crippen LogP contribution is 2.29. The van der Waals surface area contributed by atoms with Crippen molar-refractivity contribution in [2.45, 2.75) is 12.5 Å². The molecule has 1 N–H and O–H groups in total. The average molecular weight is 343 g/mol. The third kappa shape index (κ3) is 3.35. The molecule has 0 bridgehead atoms. The van der Waals surface area contributed by atoms with Gasteiger partial charge in [0.2, 0.25) is 0 Å². The molecule has 0 saturated heterocycles. The van der Waals surface area contributed by atoms with Crippen molar-refractivity contribution >= 4 is 27.5 Å². The molecule has 2 aromatic rings. The molecule has 0 fully saturated rings. The molecule has 100 valence electrons. The lowest BCUT2D eigenvalue weighted by molar-refractivity contribution is 0.534. The van der Waals surface area contributed by atoms with Crippen LogP contribution in [0.3, 0.4) is 0 Å². The monoisotopic (exact) mass is 341 g/mol. The number of likely N-dealkylation sites (N-methyl/N-ethyl adjacent to an activating group) is 1. The maximum Gasteiger partial charge on any atom is 0.129 e. The van der Waals surface area contributed by atoms with Gasteiger partial charge < -0.3 is 5.32 Å². The van der Waals surface area contributed by atoms with Crippen molar-refractivity contribution in [1.29, 1.82) is 0 Å². The van der Waals surface area contributed by atoms with Crippen molar-refractivity contribution in [2.24, 2.45) is 0 Å². The molecule has 2 aromatic carbocycles. The minimum Gasteiger partial charge on any atom is -0.313 e. The fraction of sp³-hybridized carbons (Fsp3) is 0.200. The summed E-state index contributed by atoms with van der Waals surface area (Å²) >= 11 is 9.63. The smallest absolute Gasteiger partial charge is 0.129 e. The van der Waals surface area contributed by atoms with Crippen LogP contribution in [0.1, 0.15) is 17.2 Å². The van der Waals surface area contributed by atoms with Crippen LogP contribution >= 0.6 is 27.5 Å². The summed E-state index contributed by atoms with van der Waals surface area (Å²) in [6.45, 7) is 0. The van der Waals surface area contributed by atoms with Crippen LogP contribution in [0.15, 0.2) is 46.9 Å². The van der Waals surface area contributed by atoms with Gasteiger partial charge in [-0.2, -0.15) is 0 Å². The molecule has 0 saturated carbocycles. The molecular formula is C15H14BrClFN. The van der Waals surface area contributed by atoms with Gasteiger partial charge in [0.25, 0.3) is 0 Å². The van der Waals surface area contributed by atoms with Crippen molar-refractivity contribution in [2.75, 3.05) is 7.05 Å². The van der Waals surface area contributed by atoms with Gasteiger partial charge in [0.05, 0.1) is 0 Å². The Bertz CT molecular complexity index is 554. The van der Waals surface area contributed by atoms with Crippen LogP contribution in [-0.2, 0) is 6.42 Å². The first-order chi connectivity index (χ1) is 9.13. The highest BCUT2D eigenvalue weighted by atomic mass is 79.9. The van der Waals surface area contributed by atoms with E-state index in [-0.39, 0.29) is 11.9 Å². The van der Waals surface area contributed by atoms with Gasteiger partial charge in [0.1, 0.15) is 5.82 Å². The molecule has 1 unspecified atom stereocenters. The molecule has 1 nitrogen and oxygen atoms in total. The summed E-state index contributed by atoms with van der Waals surface area (Å²) in [5.41, 5.74) is 1.63. The molecule has 0 spiro atoms. The lowest BCUT2D eigenvalue weighted by Gasteiger charge is -2.19. The minimum absolute atomic E-state index is 0.160. The van der Waals surface area contributed by atoms with Crippen LogP contribution in [0.5, 0.6) is 0 Å². The lowest BCUT2D eigenvalue weighted by atomic mass is 9.98. The van der Waals surface area contributed by atoms with Gasteiger partial charge >= 0.3 is 0 Å². The number of nitrogens with one attached hydrogen (secondary N) is 1. The van der Waals surface area contributed by atoms with E-state index in [1.165, 1.54) is 6.07 Å². The third-order valence-electron chi connectivity index (χ3n) is 3.08. The standard InChI is InChI=1S/C15H14BrClFN/c1-19-14(9-10-5-2-3-6-11(10)16)15-12(17)7-4-8-13(15)18/h2-8,14,19H,9H2,1H3. The number of hydrogen-bond donors (Lipinski definition) is 1. The first-order valence-corrected chi connectivity index (χ1v) is 7.15. The van der Waals surface area contributed by atoms with Gasteiger partial charge in [-0.05, 0) is 37.2 Å². The molecule has 0 aliphatic carbocycles. The van der Waals surface area contributed by atoms with Crippen LogP contribution in [0.4, 0.5) is 4.39 Å². The van der Waals surface area contributed by atoms with E-state index in [1.807, 2.05) is 31.3 Å². The van der Waals surface area contributed by atoms with Crippen molar-refractivity contribution in [3.8, 4) is 0 Å². The zero-order valence-corrected chi connectivity index (χ0v) is 12.8. The number of benzene rings is 2. The molecule has 0 aliphatic rings. The van der Waals surface area contributed by atoms with E-state index < -0.39 is 0 Å². The number of hydrogen-bond acceptors (Lipinski definition) is 1. The molecule has 1 atom stereocenters. The Kier molecular flexibility index (Phi) is 4.97. The van der Waals surface area contributed by atoms with Crippen LogP contribution in [0.25, 0.3) is 0 Å². The first kappa shape index (κ1) is 14.5. The third-order valence-corrected chi connectivity index (χ3v) is 4.18. The molecule has 0 heterocycles. The quantitative estimate of drug-likeness (QED) is 0.846. The summed E-state index contributed by atoms with van der Waals surface area (Å²) < 4.78 is 15.0. The van der Waals surface area contributed by atoms with Crippen molar-refractivity contribution < 1.29 is 4.39 Å². The molecule has 0 amide bonds. The Balaban J connectivity index is 2.34. The second-order valence-electron chi connectivity index (χ2n) is 4.27. The topological polar surface area (TPSA) is 12.0 Å². The molecule has 0 radical (unpaired) electrons. The Labute approximate surface area is 125 Å². The highest BCUT2D eigenvalue weighted by Gasteiger charge is 2.18. The van der Waals surface area contributed by atoms with Gasteiger partial charge in [0, 0.05) is 21.1 Å². The zero-order chi connectivity index (χ0) is 13.8. The first-order valence-electron chi connectivity index (χ1n) is 5.98. The fourth-order valence-corrected chi connectivity index (χ4v) is 2.82. The normalized spacial score (nSPS) is 12.4. The molecule has 19 heavy (non-hydrogen) atoms. The zero-order valence-electron chi connectivity index (χ0n) is 10.5. The van der Waals surface area contributed by atoms with Crippen molar-refractivity contribution in [3.05, 3.63) is 68.9 Å². The summed E-state index contributed by atoms with van der Waals surface area (Å²) in [4.78, 5) is 0. The van der Waals surface area contributed by atoms with Crippen LogP contribution < -0.4 is 5.32 Å². The predicted octanol–water partition coefficient (Wildman–Crippen LogP) is 4.74. The second-order valence-corrected chi connectivity index (χ2v) is 5.53. The second kappa shape index (κ2) is 6.51. The molecular weight excluding hydrogens is 329 g/mol. The van der Waals surface area contributed by atoms with Crippen LogP contribution in [0.2, 0.25) is 5.02 Å². The van der Waals surface area contributed by atoms with E-state index in [2.05, 4.69) is 21.2 Å². The predicted molar refractivity (Wildman–Crippen MR) is 81.1 cm³/mol. The number of rotatable bonds is 4. The van der Waals surface area contributed by atoms with Gasteiger partial charge in [-0.25, -0.2) is 4.39 Å². The Hall–Kier alpha value is -0.900. The van der Waals surface area contributed by atoms with Crippen LogP contribution in [0, 0.1) is 5.82 Å². The number of halogens is 3. The van der Waals surface area contributed by atoms with E-state index in [9.17, 15) is 4.39 Å². The van der Waals surface area contributed by atoms with E-state index in [1.54, 1.807) is 12.1 Å². The minimum atomic E-state index is -0.279. The Morgan fingerprint density at radius 1 is 1.21 bits per heavy atom. The Morgan fingerprint density at radius 3 is 2.58 bits per heavy atom. The molecule has 0 aliphatic heterocycles. The van der Waals surface area contributed by atoms with Gasteiger partial charge in [0.15, 0.2) is 0 Å². The van der Waals surface area contributed by atoms with E-state index in [0.717, 1.165) is 10.0 Å². The molecule has 0 aromatic heterocycles. The summed E-state index contributed by atoms with van der Waals surface area (Å²) in [7, 11) is 1.81. The van der Waals surface area contributed by atoms with E-state index in [4.69, 9.17) is 11.6 Å². The SMILES string of the molecule is CNC(Cc1ccccc1Br)c1c(F)cccc1Cl. The summed E-state index contributed by atoms with van der Waals surface area (Å²) in [5.74, 6) is -0.279.